The Morgan fingerprint density at radius 1 is 1.23 bits per heavy atom. The highest BCUT2D eigenvalue weighted by molar-refractivity contribution is 8.26. The van der Waals surface area contributed by atoms with Crippen molar-refractivity contribution >= 4 is 57.8 Å². The number of amides is 2. The van der Waals surface area contributed by atoms with Crippen LogP contribution in [-0.4, -0.2) is 28.3 Å². The van der Waals surface area contributed by atoms with E-state index in [4.69, 9.17) is 28.6 Å². The van der Waals surface area contributed by atoms with Crippen molar-refractivity contribution < 1.29 is 14.3 Å². The second kappa shape index (κ2) is 7.90. The number of benzene rings is 2. The monoisotopic (exact) mass is 404 g/mol. The summed E-state index contributed by atoms with van der Waals surface area (Å²) in [5, 5.41) is 1.68. The zero-order valence-corrected chi connectivity index (χ0v) is 16.0. The molecule has 0 spiro atoms. The standard InChI is InChI=1S/C18H13ClN2O3S2/c1-24-14-5-3-2-4-13(14)16(22)20-21-17(23)15(26-18(21)25)10-11-6-8-12(19)9-7-11/h2-10H,1H3,(H,20,22). The minimum Gasteiger partial charge on any atom is -0.496 e. The molecule has 2 aromatic rings. The molecule has 1 aliphatic rings. The summed E-state index contributed by atoms with van der Waals surface area (Å²) in [6, 6.07) is 13.8. The number of thioether (sulfide) groups is 1. The van der Waals surface area contributed by atoms with Crippen LogP contribution in [0.15, 0.2) is 53.4 Å². The molecule has 2 amide bonds. The molecule has 26 heavy (non-hydrogen) atoms. The van der Waals surface area contributed by atoms with Gasteiger partial charge in [-0.05, 0) is 48.1 Å². The van der Waals surface area contributed by atoms with E-state index in [1.54, 1.807) is 54.6 Å². The molecule has 0 unspecified atom stereocenters. The Bertz CT molecular complexity index is 913. The molecular formula is C18H13ClN2O3S2. The lowest BCUT2D eigenvalue weighted by atomic mass is 10.2. The second-order valence-electron chi connectivity index (χ2n) is 5.21. The van der Waals surface area contributed by atoms with Crippen molar-refractivity contribution in [3.05, 3.63) is 69.6 Å². The average molecular weight is 405 g/mol. The SMILES string of the molecule is COc1ccccc1C(=O)NN1C(=O)C(=Cc2ccc(Cl)cc2)SC1=S. The fourth-order valence-corrected chi connectivity index (χ4v) is 3.57. The summed E-state index contributed by atoms with van der Waals surface area (Å²) in [5.41, 5.74) is 3.66. The molecular weight excluding hydrogens is 392 g/mol. The van der Waals surface area contributed by atoms with Gasteiger partial charge in [0, 0.05) is 5.02 Å². The molecule has 0 atom stereocenters. The molecule has 8 heteroatoms. The van der Waals surface area contributed by atoms with Crippen molar-refractivity contribution in [2.24, 2.45) is 0 Å². The molecule has 0 radical (unpaired) electrons. The summed E-state index contributed by atoms with van der Waals surface area (Å²) >= 11 is 12.2. The average Bonchev–Trinajstić information content (AvgIpc) is 2.91. The van der Waals surface area contributed by atoms with Gasteiger partial charge in [0.15, 0.2) is 4.32 Å². The van der Waals surface area contributed by atoms with Crippen molar-refractivity contribution in [1.29, 1.82) is 0 Å². The highest BCUT2D eigenvalue weighted by Gasteiger charge is 2.34. The first-order valence-electron chi connectivity index (χ1n) is 7.47. The molecule has 0 bridgehead atoms. The van der Waals surface area contributed by atoms with Gasteiger partial charge in [-0.25, -0.2) is 0 Å². The number of halogens is 1. The van der Waals surface area contributed by atoms with Crippen molar-refractivity contribution in [3.8, 4) is 5.75 Å². The fraction of sp³-hybridized carbons (Fsp3) is 0.0556. The minimum absolute atomic E-state index is 0.249. The van der Waals surface area contributed by atoms with E-state index in [-0.39, 0.29) is 4.32 Å². The number of para-hydroxylation sites is 1. The summed E-state index contributed by atoms with van der Waals surface area (Å²) in [4.78, 5) is 25.5. The molecule has 1 N–H and O–H groups in total. The molecule has 3 rings (SSSR count). The smallest absolute Gasteiger partial charge is 0.285 e. The number of hydrogen-bond donors (Lipinski definition) is 1. The van der Waals surface area contributed by atoms with Crippen LogP contribution >= 0.6 is 35.6 Å². The molecule has 1 heterocycles. The molecule has 2 aromatic carbocycles. The zero-order valence-electron chi connectivity index (χ0n) is 13.6. The quantitative estimate of drug-likeness (QED) is 0.618. The van der Waals surface area contributed by atoms with Gasteiger partial charge in [-0.2, -0.15) is 5.01 Å². The van der Waals surface area contributed by atoms with Crippen LogP contribution in [0.5, 0.6) is 5.75 Å². The van der Waals surface area contributed by atoms with Crippen LogP contribution in [0.3, 0.4) is 0 Å². The van der Waals surface area contributed by atoms with Crippen molar-refractivity contribution in [3.63, 3.8) is 0 Å². The number of nitrogens with zero attached hydrogens (tertiary/aromatic N) is 1. The van der Waals surface area contributed by atoms with Crippen LogP contribution in [0, 0.1) is 0 Å². The molecule has 1 saturated heterocycles. The van der Waals surface area contributed by atoms with Gasteiger partial charge in [0.2, 0.25) is 0 Å². The Kier molecular flexibility index (Phi) is 5.61. The number of hydrazine groups is 1. The van der Waals surface area contributed by atoms with Crippen LogP contribution in [-0.2, 0) is 4.79 Å². The van der Waals surface area contributed by atoms with Gasteiger partial charge in [0.05, 0.1) is 17.6 Å². The van der Waals surface area contributed by atoms with Gasteiger partial charge >= 0.3 is 0 Å². The maximum atomic E-state index is 12.6. The predicted molar refractivity (Wildman–Crippen MR) is 107 cm³/mol. The summed E-state index contributed by atoms with van der Waals surface area (Å²) in [6.45, 7) is 0. The predicted octanol–water partition coefficient (Wildman–Crippen LogP) is 3.89. The van der Waals surface area contributed by atoms with Crippen LogP contribution < -0.4 is 10.2 Å². The van der Waals surface area contributed by atoms with Crippen LogP contribution in [0.25, 0.3) is 6.08 Å². The molecule has 132 valence electrons. The summed E-state index contributed by atoms with van der Waals surface area (Å²) < 4.78 is 5.42. The molecule has 5 nitrogen and oxygen atoms in total. The summed E-state index contributed by atoms with van der Waals surface area (Å²) in [6.07, 6.45) is 1.70. The van der Waals surface area contributed by atoms with Crippen molar-refractivity contribution in [2.75, 3.05) is 7.11 Å². The Hall–Kier alpha value is -2.35. The first-order chi connectivity index (χ1) is 12.5. The minimum atomic E-state index is -0.480. The van der Waals surface area contributed by atoms with Crippen LogP contribution in [0.4, 0.5) is 0 Å². The number of carbonyl (C=O) groups is 2. The maximum Gasteiger partial charge on any atom is 0.285 e. The number of thiocarbonyl (C=S) groups is 1. The molecule has 1 fully saturated rings. The maximum absolute atomic E-state index is 12.6. The number of rotatable bonds is 4. The molecule has 0 saturated carbocycles. The molecule has 0 aliphatic carbocycles. The Morgan fingerprint density at radius 3 is 2.62 bits per heavy atom. The zero-order chi connectivity index (χ0) is 18.7. The van der Waals surface area contributed by atoms with E-state index in [1.165, 1.54) is 7.11 Å². The number of hydrogen-bond acceptors (Lipinski definition) is 5. The third kappa shape index (κ3) is 3.90. The number of carbonyl (C=O) groups excluding carboxylic acids is 2. The summed E-state index contributed by atoms with van der Waals surface area (Å²) in [5.74, 6) is -0.461. The van der Waals surface area contributed by atoms with E-state index >= 15 is 0 Å². The Balaban J connectivity index is 1.79. The van der Waals surface area contributed by atoms with Gasteiger partial charge in [-0.15, -0.1) is 0 Å². The second-order valence-corrected chi connectivity index (χ2v) is 7.32. The number of ether oxygens (including phenoxy) is 1. The van der Waals surface area contributed by atoms with E-state index < -0.39 is 11.8 Å². The van der Waals surface area contributed by atoms with Gasteiger partial charge < -0.3 is 4.74 Å². The van der Waals surface area contributed by atoms with Gasteiger partial charge in [0.25, 0.3) is 11.8 Å². The lowest BCUT2D eigenvalue weighted by Gasteiger charge is -2.16. The Morgan fingerprint density at radius 2 is 1.92 bits per heavy atom. The van der Waals surface area contributed by atoms with Crippen molar-refractivity contribution in [2.45, 2.75) is 0 Å². The first-order valence-corrected chi connectivity index (χ1v) is 9.07. The van der Waals surface area contributed by atoms with E-state index in [9.17, 15) is 9.59 Å². The van der Waals surface area contributed by atoms with E-state index in [0.29, 0.717) is 21.2 Å². The first kappa shape index (κ1) is 18.4. The Labute approximate surface area is 164 Å². The topological polar surface area (TPSA) is 58.6 Å². The third-order valence-corrected chi connectivity index (χ3v) is 5.08. The van der Waals surface area contributed by atoms with Gasteiger partial charge in [0.1, 0.15) is 5.75 Å². The third-order valence-electron chi connectivity index (χ3n) is 3.53. The number of nitrogens with one attached hydrogen (secondary N) is 1. The molecule has 0 aromatic heterocycles. The fourth-order valence-electron chi connectivity index (χ4n) is 2.27. The van der Waals surface area contributed by atoms with E-state index in [0.717, 1.165) is 22.3 Å². The van der Waals surface area contributed by atoms with E-state index in [2.05, 4.69) is 5.43 Å². The van der Waals surface area contributed by atoms with Gasteiger partial charge in [-0.1, -0.05) is 47.6 Å². The highest BCUT2D eigenvalue weighted by atomic mass is 35.5. The van der Waals surface area contributed by atoms with Crippen LogP contribution in [0.1, 0.15) is 15.9 Å². The largest absolute Gasteiger partial charge is 0.496 e. The van der Waals surface area contributed by atoms with Gasteiger partial charge in [-0.3, -0.25) is 15.0 Å². The lowest BCUT2D eigenvalue weighted by molar-refractivity contribution is -0.123. The highest BCUT2D eigenvalue weighted by Crippen LogP contribution is 2.32. The summed E-state index contributed by atoms with van der Waals surface area (Å²) in [7, 11) is 1.47. The molecule has 1 aliphatic heterocycles. The number of methoxy groups -OCH3 is 1. The van der Waals surface area contributed by atoms with Crippen LogP contribution in [0.2, 0.25) is 5.02 Å². The van der Waals surface area contributed by atoms with Crippen molar-refractivity contribution in [1.82, 2.24) is 10.4 Å². The normalized spacial score (nSPS) is 15.5. The van der Waals surface area contributed by atoms with E-state index in [1.807, 2.05) is 0 Å². The lowest BCUT2D eigenvalue weighted by Crippen LogP contribution is -2.44.